The second-order valence-electron chi connectivity index (χ2n) is 4.50. The van der Waals surface area contributed by atoms with Crippen LogP contribution in [0.25, 0.3) is 0 Å². The Labute approximate surface area is 129 Å². The van der Waals surface area contributed by atoms with Crippen LogP contribution in [0, 0.1) is 18.8 Å². The number of hydrogen-bond donors (Lipinski definition) is 2. The summed E-state index contributed by atoms with van der Waals surface area (Å²) in [6, 6.07) is 12.3. The van der Waals surface area contributed by atoms with Gasteiger partial charge in [0.15, 0.2) is 0 Å². The molecule has 2 aromatic rings. The zero-order valence-electron chi connectivity index (χ0n) is 11.6. The first-order valence-corrected chi connectivity index (χ1v) is 6.84. The average molecular weight is 299 g/mol. The van der Waals surface area contributed by atoms with Gasteiger partial charge in [0.2, 0.25) is 0 Å². The maximum absolute atomic E-state index is 12.1. The molecule has 0 aromatic heterocycles. The molecule has 0 atom stereocenters. The number of carbonyl (C=O) groups excluding carboxylic acids is 1. The molecule has 0 aliphatic carbocycles. The number of anilines is 1. The Balaban J connectivity index is 2.19. The van der Waals surface area contributed by atoms with Crippen molar-refractivity contribution in [2.75, 3.05) is 11.9 Å². The Morgan fingerprint density at radius 1 is 1.24 bits per heavy atom. The highest BCUT2D eigenvalue weighted by Crippen LogP contribution is 2.16. The van der Waals surface area contributed by atoms with Crippen molar-refractivity contribution in [2.24, 2.45) is 5.73 Å². The van der Waals surface area contributed by atoms with Crippen LogP contribution in [-0.2, 0) is 0 Å². The van der Waals surface area contributed by atoms with E-state index in [1.165, 1.54) is 0 Å². The van der Waals surface area contributed by atoms with E-state index in [1.54, 1.807) is 24.3 Å². The maximum Gasteiger partial charge on any atom is 0.255 e. The van der Waals surface area contributed by atoms with Gasteiger partial charge in [-0.2, -0.15) is 0 Å². The fraction of sp³-hybridized carbons (Fsp3) is 0.118. The highest BCUT2D eigenvalue weighted by molar-refractivity contribution is 6.30. The molecule has 0 unspecified atom stereocenters. The molecular formula is C17H15ClN2O. The van der Waals surface area contributed by atoms with Gasteiger partial charge in [0.05, 0.1) is 6.54 Å². The van der Waals surface area contributed by atoms with Crippen LogP contribution in [0.15, 0.2) is 42.5 Å². The summed E-state index contributed by atoms with van der Waals surface area (Å²) in [5, 5.41) is 3.44. The number of benzene rings is 2. The van der Waals surface area contributed by atoms with Gasteiger partial charge in [-0.1, -0.05) is 29.5 Å². The van der Waals surface area contributed by atoms with E-state index in [2.05, 4.69) is 17.2 Å². The van der Waals surface area contributed by atoms with Gasteiger partial charge in [0, 0.05) is 21.8 Å². The lowest BCUT2D eigenvalue weighted by Gasteiger charge is -2.07. The first-order valence-electron chi connectivity index (χ1n) is 6.46. The van der Waals surface area contributed by atoms with Crippen molar-refractivity contribution in [1.29, 1.82) is 0 Å². The number of nitrogens with one attached hydrogen (secondary N) is 1. The predicted molar refractivity (Wildman–Crippen MR) is 86.5 cm³/mol. The normalized spacial score (nSPS) is 9.67. The molecule has 0 aliphatic heterocycles. The fourth-order valence-corrected chi connectivity index (χ4v) is 1.91. The van der Waals surface area contributed by atoms with E-state index in [1.807, 2.05) is 25.1 Å². The molecule has 0 aliphatic rings. The molecule has 0 radical (unpaired) electrons. The Morgan fingerprint density at radius 3 is 2.62 bits per heavy atom. The van der Waals surface area contributed by atoms with Crippen molar-refractivity contribution in [2.45, 2.75) is 6.92 Å². The van der Waals surface area contributed by atoms with Gasteiger partial charge in [-0.15, -0.1) is 0 Å². The lowest BCUT2D eigenvalue weighted by Crippen LogP contribution is -2.11. The average Bonchev–Trinajstić information content (AvgIpc) is 2.48. The van der Waals surface area contributed by atoms with Crippen LogP contribution < -0.4 is 11.1 Å². The molecule has 0 heterocycles. The molecule has 4 heteroatoms. The van der Waals surface area contributed by atoms with Gasteiger partial charge in [-0.25, -0.2) is 0 Å². The smallest absolute Gasteiger partial charge is 0.255 e. The van der Waals surface area contributed by atoms with Crippen LogP contribution in [0.5, 0.6) is 0 Å². The second-order valence-corrected chi connectivity index (χ2v) is 4.93. The molecule has 21 heavy (non-hydrogen) atoms. The molecule has 0 saturated heterocycles. The van der Waals surface area contributed by atoms with Crippen molar-refractivity contribution in [3.8, 4) is 11.8 Å². The van der Waals surface area contributed by atoms with Crippen LogP contribution >= 0.6 is 11.6 Å². The number of carbonyl (C=O) groups is 1. The number of halogens is 1. The summed E-state index contributed by atoms with van der Waals surface area (Å²) in [4.78, 5) is 12.1. The molecule has 0 saturated carbocycles. The van der Waals surface area contributed by atoms with Gasteiger partial charge >= 0.3 is 0 Å². The number of nitrogens with two attached hydrogens (primary N) is 1. The van der Waals surface area contributed by atoms with E-state index >= 15 is 0 Å². The van der Waals surface area contributed by atoms with Crippen LogP contribution in [0.3, 0.4) is 0 Å². The molecule has 106 valence electrons. The van der Waals surface area contributed by atoms with Gasteiger partial charge in [-0.3, -0.25) is 4.79 Å². The number of hydrogen-bond acceptors (Lipinski definition) is 2. The van der Waals surface area contributed by atoms with E-state index in [0.29, 0.717) is 22.8 Å². The minimum Gasteiger partial charge on any atom is -0.322 e. The van der Waals surface area contributed by atoms with Crippen molar-refractivity contribution < 1.29 is 4.79 Å². The third-order valence-electron chi connectivity index (χ3n) is 2.93. The van der Waals surface area contributed by atoms with E-state index < -0.39 is 0 Å². The third-order valence-corrected chi connectivity index (χ3v) is 3.18. The molecule has 0 bridgehead atoms. The van der Waals surface area contributed by atoms with Crippen molar-refractivity contribution in [3.05, 3.63) is 64.2 Å². The minimum absolute atomic E-state index is 0.187. The lowest BCUT2D eigenvalue weighted by molar-refractivity contribution is 0.102. The van der Waals surface area contributed by atoms with E-state index in [0.717, 1.165) is 11.1 Å². The maximum atomic E-state index is 12.1. The first-order chi connectivity index (χ1) is 10.1. The topological polar surface area (TPSA) is 55.1 Å². The summed E-state index contributed by atoms with van der Waals surface area (Å²) in [7, 11) is 0. The molecule has 3 N–H and O–H groups in total. The monoisotopic (exact) mass is 298 g/mol. The zero-order chi connectivity index (χ0) is 15.2. The molecule has 0 fully saturated rings. The first kappa shape index (κ1) is 15.1. The number of aryl methyl sites for hydroxylation is 1. The van der Waals surface area contributed by atoms with E-state index in [9.17, 15) is 4.79 Å². The van der Waals surface area contributed by atoms with Gasteiger partial charge in [0.1, 0.15) is 0 Å². The highest BCUT2D eigenvalue weighted by Gasteiger charge is 2.06. The second kappa shape index (κ2) is 6.94. The standard InChI is InChI=1S/C17H15ClN2O/c1-12-4-9-16(11-14(12)3-2-10-19)20-17(21)13-5-7-15(18)8-6-13/h4-9,11H,10,19H2,1H3,(H,20,21). The summed E-state index contributed by atoms with van der Waals surface area (Å²) in [6.45, 7) is 2.27. The van der Waals surface area contributed by atoms with Crippen molar-refractivity contribution >= 4 is 23.2 Å². The zero-order valence-corrected chi connectivity index (χ0v) is 12.4. The van der Waals surface area contributed by atoms with Crippen LogP contribution in [0.2, 0.25) is 5.02 Å². The van der Waals surface area contributed by atoms with Crippen LogP contribution in [0.4, 0.5) is 5.69 Å². The largest absolute Gasteiger partial charge is 0.322 e. The number of rotatable bonds is 2. The molecule has 0 spiro atoms. The molecule has 1 amide bonds. The molecule has 2 rings (SSSR count). The van der Waals surface area contributed by atoms with Crippen molar-refractivity contribution in [1.82, 2.24) is 0 Å². The Hall–Kier alpha value is -2.28. The Bertz CT molecular complexity index is 712. The minimum atomic E-state index is -0.187. The Kier molecular flexibility index (Phi) is 4.99. The quantitative estimate of drug-likeness (QED) is 0.837. The molecule has 3 nitrogen and oxygen atoms in total. The van der Waals surface area contributed by atoms with E-state index in [-0.39, 0.29) is 5.91 Å². The van der Waals surface area contributed by atoms with Gasteiger partial charge in [-0.05, 0) is 48.9 Å². The Morgan fingerprint density at radius 2 is 1.95 bits per heavy atom. The van der Waals surface area contributed by atoms with Crippen LogP contribution in [-0.4, -0.2) is 12.5 Å². The van der Waals surface area contributed by atoms with Crippen molar-refractivity contribution in [3.63, 3.8) is 0 Å². The molecule has 2 aromatic carbocycles. The summed E-state index contributed by atoms with van der Waals surface area (Å²) in [6.07, 6.45) is 0. The summed E-state index contributed by atoms with van der Waals surface area (Å²) in [5.41, 5.74) is 8.52. The third kappa shape index (κ3) is 4.09. The summed E-state index contributed by atoms with van der Waals surface area (Å²) in [5.74, 6) is 5.62. The highest BCUT2D eigenvalue weighted by atomic mass is 35.5. The molecular weight excluding hydrogens is 284 g/mol. The van der Waals surface area contributed by atoms with Gasteiger partial charge in [0.25, 0.3) is 5.91 Å². The predicted octanol–water partition coefficient (Wildman–Crippen LogP) is 3.21. The van der Waals surface area contributed by atoms with Crippen LogP contribution in [0.1, 0.15) is 21.5 Å². The SMILES string of the molecule is Cc1ccc(NC(=O)c2ccc(Cl)cc2)cc1C#CCN. The lowest BCUT2D eigenvalue weighted by atomic mass is 10.1. The van der Waals surface area contributed by atoms with Gasteiger partial charge < -0.3 is 11.1 Å². The number of amides is 1. The van der Waals surface area contributed by atoms with E-state index in [4.69, 9.17) is 17.3 Å². The summed E-state index contributed by atoms with van der Waals surface area (Å²) >= 11 is 5.81. The summed E-state index contributed by atoms with van der Waals surface area (Å²) < 4.78 is 0. The fourth-order valence-electron chi connectivity index (χ4n) is 1.79.